The van der Waals surface area contributed by atoms with Crippen LogP contribution in [-0.4, -0.2) is 15.0 Å². The number of rotatable bonds is 5. The summed E-state index contributed by atoms with van der Waals surface area (Å²) in [5.74, 6) is 1.05. The second kappa shape index (κ2) is 7.63. The summed E-state index contributed by atoms with van der Waals surface area (Å²) in [6, 6.07) is 17.9. The minimum Gasteiger partial charge on any atom is -0.437 e. The van der Waals surface area contributed by atoms with Crippen molar-refractivity contribution >= 4 is 28.4 Å². The molecular weight excluding hydrogens is 356 g/mol. The number of aromatic nitrogens is 3. The van der Waals surface area contributed by atoms with Gasteiger partial charge in [-0.25, -0.2) is 4.98 Å². The van der Waals surface area contributed by atoms with Gasteiger partial charge in [0.05, 0.1) is 5.52 Å². The van der Waals surface area contributed by atoms with Crippen molar-refractivity contribution in [3.8, 4) is 11.6 Å². The van der Waals surface area contributed by atoms with E-state index >= 15 is 0 Å². The zero-order chi connectivity index (χ0) is 18.6. The Hall–Kier alpha value is -3.12. The van der Waals surface area contributed by atoms with Crippen LogP contribution in [0.5, 0.6) is 11.6 Å². The molecule has 4 aromatic rings. The minimum atomic E-state index is 0.352. The molecule has 6 heteroatoms. The summed E-state index contributed by atoms with van der Waals surface area (Å²) in [5, 5.41) is 1.71. The van der Waals surface area contributed by atoms with Crippen molar-refractivity contribution in [1.29, 1.82) is 0 Å². The number of hydrogen-bond donors (Lipinski definition) is 1. The van der Waals surface area contributed by atoms with Crippen LogP contribution in [0.3, 0.4) is 0 Å². The van der Waals surface area contributed by atoms with Crippen molar-refractivity contribution in [2.24, 2.45) is 0 Å². The first-order valence-corrected chi connectivity index (χ1v) is 9.45. The Bertz CT molecular complexity index is 1080. The molecule has 0 aliphatic heterocycles. The maximum Gasteiger partial charge on any atom is 0.247 e. The molecule has 2 aromatic heterocycles. The van der Waals surface area contributed by atoms with Crippen molar-refractivity contribution < 1.29 is 4.74 Å². The summed E-state index contributed by atoms with van der Waals surface area (Å²) in [5.41, 5.74) is 8.87. The Kier molecular flexibility index (Phi) is 4.89. The quantitative estimate of drug-likeness (QED) is 0.489. The van der Waals surface area contributed by atoms with Crippen LogP contribution in [0, 0.1) is 0 Å². The van der Waals surface area contributed by atoms with Crippen molar-refractivity contribution in [2.75, 3.05) is 5.73 Å². The first-order chi connectivity index (χ1) is 13.2. The molecule has 0 spiro atoms. The number of benzene rings is 2. The lowest BCUT2D eigenvalue weighted by Crippen LogP contribution is -1.99. The third-order valence-electron chi connectivity index (χ3n) is 4.16. The number of nitrogen functional groups attached to an aromatic ring is 1. The second-order valence-electron chi connectivity index (χ2n) is 5.93. The average molecular weight is 374 g/mol. The highest BCUT2D eigenvalue weighted by Crippen LogP contribution is 2.37. The van der Waals surface area contributed by atoms with Gasteiger partial charge in [-0.1, -0.05) is 49.0 Å². The molecular formula is C21H18N4OS. The maximum absolute atomic E-state index is 6.29. The first kappa shape index (κ1) is 17.3. The molecule has 2 heterocycles. The Morgan fingerprint density at radius 2 is 1.78 bits per heavy atom. The summed E-state index contributed by atoms with van der Waals surface area (Å²) >= 11 is 1.46. The minimum absolute atomic E-state index is 0.352. The van der Waals surface area contributed by atoms with E-state index in [9.17, 15) is 0 Å². The molecule has 0 amide bonds. The number of aryl methyl sites for hydroxylation is 1. The topological polar surface area (TPSA) is 73.9 Å². The standard InChI is InChI=1S/C21H18N4OS/c1-2-14-8-10-16(11-9-14)26-20-18(22)21(25-13-24-20)27-17-7-3-5-15-6-4-12-23-19(15)17/h3-13H,2,22H2,1H3. The molecule has 0 radical (unpaired) electrons. The van der Waals surface area contributed by atoms with E-state index in [1.54, 1.807) is 6.20 Å². The van der Waals surface area contributed by atoms with Crippen molar-refractivity contribution in [2.45, 2.75) is 23.3 Å². The molecule has 2 N–H and O–H groups in total. The normalized spacial score (nSPS) is 10.9. The fourth-order valence-corrected chi connectivity index (χ4v) is 3.61. The Morgan fingerprint density at radius 1 is 0.963 bits per heavy atom. The van der Waals surface area contributed by atoms with Gasteiger partial charge in [0.15, 0.2) is 0 Å². The van der Waals surface area contributed by atoms with E-state index in [0.717, 1.165) is 22.2 Å². The van der Waals surface area contributed by atoms with Crippen LogP contribution in [0.25, 0.3) is 10.9 Å². The van der Waals surface area contributed by atoms with E-state index in [2.05, 4.69) is 21.9 Å². The van der Waals surface area contributed by atoms with Crippen LogP contribution in [0.2, 0.25) is 0 Å². The first-order valence-electron chi connectivity index (χ1n) is 8.63. The molecule has 5 nitrogen and oxygen atoms in total. The van der Waals surface area contributed by atoms with Gasteiger partial charge in [-0.2, -0.15) is 4.98 Å². The Morgan fingerprint density at radius 3 is 2.59 bits per heavy atom. The van der Waals surface area contributed by atoms with E-state index in [1.165, 1.54) is 23.7 Å². The molecule has 134 valence electrons. The molecule has 0 unspecified atom stereocenters. The predicted octanol–water partition coefficient (Wildman–Crippen LogP) is 5.11. The van der Waals surface area contributed by atoms with Crippen LogP contribution in [0.1, 0.15) is 12.5 Å². The summed E-state index contributed by atoms with van der Waals surface area (Å²) in [6.45, 7) is 2.11. The van der Waals surface area contributed by atoms with Crippen LogP contribution in [-0.2, 0) is 6.42 Å². The van der Waals surface area contributed by atoms with E-state index in [1.807, 2.05) is 54.6 Å². The summed E-state index contributed by atoms with van der Waals surface area (Å²) in [7, 11) is 0. The molecule has 0 atom stereocenters. The molecule has 27 heavy (non-hydrogen) atoms. The second-order valence-corrected chi connectivity index (χ2v) is 6.96. The SMILES string of the molecule is CCc1ccc(Oc2ncnc(Sc3cccc4cccnc34)c2N)cc1. The van der Waals surface area contributed by atoms with Crippen molar-refractivity contribution in [3.05, 3.63) is 72.7 Å². The zero-order valence-electron chi connectivity index (χ0n) is 14.8. The number of nitrogens with two attached hydrogens (primary N) is 1. The lowest BCUT2D eigenvalue weighted by molar-refractivity contribution is 0.462. The largest absolute Gasteiger partial charge is 0.437 e. The molecule has 0 fully saturated rings. The van der Waals surface area contributed by atoms with E-state index in [4.69, 9.17) is 10.5 Å². The maximum atomic E-state index is 6.29. The van der Waals surface area contributed by atoms with Gasteiger partial charge in [-0.05, 0) is 36.2 Å². The average Bonchev–Trinajstić information content (AvgIpc) is 2.72. The van der Waals surface area contributed by atoms with Crippen LogP contribution < -0.4 is 10.5 Å². The number of anilines is 1. The highest BCUT2D eigenvalue weighted by Gasteiger charge is 2.13. The van der Waals surface area contributed by atoms with E-state index in [0.29, 0.717) is 22.3 Å². The van der Waals surface area contributed by atoms with Gasteiger partial charge in [0.25, 0.3) is 0 Å². The molecule has 0 saturated heterocycles. The van der Waals surface area contributed by atoms with Gasteiger partial charge < -0.3 is 10.5 Å². The number of pyridine rings is 1. The van der Waals surface area contributed by atoms with Crippen LogP contribution >= 0.6 is 11.8 Å². The summed E-state index contributed by atoms with van der Waals surface area (Å²) < 4.78 is 5.87. The fraction of sp³-hybridized carbons (Fsp3) is 0.0952. The number of nitrogens with zero attached hydrogens (tertiary/aromatic N) is 3. The Balaban J connectivity index is 1.63. The van der Waals surface area contributed by atoms with Crippen molar-refractivity contribution in [3.63, 3.8) is 0 Å². The number of hydrogen-bond acceptors (Lipinski definition) is 6. The van der Waals surface area contributed by atoms with Crippen molar-refractivity contribution in [1.82, 2.24) is 15.0 Å². The summed E-state index contributed by atoms with van der Waals surface area (Å²) in [6.07, 6.45) is 4.23. The van der Waals surface area contributed by atoms with Gasteiger partial charge in [0.2, 0.25) is 5.88 Å². The highest BCUT2D eigenvalue weighted by molar-refractivity contribution is 7.99. The summed E-state index contributed by atoms with van der Waals surface area (Å²) in [4.78, 5) is 14.0. The monoisotopic (exact) mass is 374 g/mol. The van der Waals surface area contributed by atoms with E-state index < -0.39 is 0 Å². The van der Waals surface area contributed by atoms with Crippen LogP contribution in [0.15, 0.2) is 77.0 Å². The lowest BCUT2D eigenvalue weighted by Gasteiger charge is -2.11. The van der Waals surface area contributed by atoms with E-state index in [-0.39, 0.29) is 0 Å². The molecule has 0 bridgehead atoms. The number of fused-ring (bicyclic) bond motifs is 1. The van der Waals surface area contributed by atoms with Gasteiger partial charge in [-0.3, -0.25) is 4.98 Å². The number of ether oxygens (including phenoxy) is 1. The number of para-hydroxylation sites is 1. The van der Waals surface area contributed by atoms with Gasteiger partial charge in [0, 0.05) is 16.5 Å². The molecule has 2 aromatic carbocycles. The fourth-order valence-electron chi connectivity index (χ4n) is 2.69. The Labute approximate surface area is 161 Å². The molecule has 0 aliphatic carbocycles. The van der Waals surface area contributed by atoms with Gasteiger partial charge in [0.1, 0.15) is 22.8 Å². The van der Waals surface area contributed by atoms with Crippen LogP contribution in [0.4, 0.5) is 5.69 Å². The van der Waals surface area contributed by atoms with Gasteiger partial charge in [-0.15, -0.1) is 0 Å². The molecule has 0 aliphatic rings. The smallest absolute Gasteiger partial charge is 0.247 e. The predicted molar refractivity (Wildman–Crippen MR) is 108 cm³/mol. The molecule has 0 saturated carbocycles. The third kappa shape index (κ3) is 3.71. The lowest BCUT2D eigenvalue weighted by atomic mass is 10.2. The third-order valence-corrected chi connectivity index (χ3v) is 5.23. The molecule has 4 rings (SSSR count). The zero-order valence-corrected chi connectivity index (χ0v) is 15.6. The van der Waals surface area contributed by atoms with Gasteiger partial charge >= 0.3 is 0 Å². The highest BCUT2D eigenvalue weighted by atomic mass is 32.2.